The number of halogens is 1. The lowest BCUT2D eigenvalue weighted by atomic mass is 10.1. The second kappa shape index (κ2) is 6.42. The first-order valence-electron chi connectivity index (χ1n) is 5.60. The van der Waals surface area contributed by atoms with Crippen molar-refractivity contribution in [2.24, 2.45) is 0 Å². The fraction of sp³-hybridized carbons (Fsp3) is 0.333. The van der Waals surface area contributed by atoms with Gasteiger partial charge < -0.3 is 5.32 Å². The highest BCUT2D eigenvalue weighted by Gasteiger charge is 2.22. The van der Waals surface area contributed by atoms with Gasteiger partial charge >= 0.3 is 0 Å². The van der Waals surface area contributed by atoms with E-state index in [2.05, 4.69) is 5.32 Å². The van der Waals surface area contributed by atoms with Crippen molar-refractivity contribution >= 4 is 21.5 Å². The van der Waals surface area contributed by atoms with Crippen LogP contribution in [0.1, 0.15) is 17.3 Å². The Labute approximate surface area is 110 Å². The molecule has 1 aromatic rings. The van der Waals surface area contributed by atoms with Gasteiger partial charge in [-0.2, -0.15) is 0 Å². The number of nitrogens with one attached hydrogen (secondary N) is 1. The number of carbonyl (C=O) groups excluding carboxylic acids is 2. The molecule has 0 saturated heterocycles. The number of hydrogen-bond acceptors (Lipinski definition) is 4. The van der Waals surface area contributed by atoms with Crippen LogP contribution in [0.5, 0.6) is 0 Å². The number of Topliss-reactive ketones (excluding diaryl/α,β-unsaturated/α-hetero) is 1. The highest BCUT2D eigenvalue weighted by atomic mass is 32.2. The van der Waals surface area contributed by atoms with E-state index in [0.717, 1.165) is 6.07 Å². The molecule has 1 N–H and O–H groups in total. The second-order valence-electron chi connectivity index (χ2n) is 3.89. The second-order valence-corrected chi connectivity index (χ2v) is 5.95. The van der Waals surface area contributed by atoms with Gasteiger partial charge in [-0.25, -0.2) is 12.8 Å². The summed E-state index contributed by atoms with van der Waals surface area (Å²) in [6.45, 7) is 1.95. The number of ketones is 1. The van der Waals surface area contributed by atoms with Crippen molar-refractivity contribution in [1.82, 2.24) is 5.32 Å². The van der Waals surface area contributed by atoms with E-state index in [-0.39, 0.29) is 5.56 Å². The Morgan fingerprint density at radius 2 is 1.84 bits per heavy atom. The zero-order valence-electron chi connectivity index (χ0n) is 10.3. The van der Waals surface area contributed by atoms with Crippen molar-refractivity contribution in [3.05, 3.63) is 35.6 Å². The van der Waals surface area contributed by atoms with Crippen LogP contribution in [-0.4, -0.2) is 38.2 Å². The van der Waals surface area contributed by atoms with Crippen LogP contribution in [0.2, 0.25) is 0 Å². The van der Waals surface area contributed by atoms with Crippen molar-refractivity contribution in [2.45, 2.75) is 6.92 Å². The third-order valence-corrected chi connectivity index (χ3v) is 3.65. The number of hydrogen-bond donors (Lipinski definition) is 1. The summed E-state index contributed by atoms with van der Waals surface area (Å²) in [5, 5.41) is 2.32. The minimum Gasteiger partial charge on any atom is -0.356 e. The Hall–Kier alpha value is -1.76. The standard InChI is InChI=1S/C12H14FNO4S/c1-2-14-12(16)8-19(17,18)7-11(15)9-5-3-4-6-10(9)13/h3-6H,2,7-8H2,1H3,(H,14,16). The molecule has 0 unspecified atom stereocenters. The minimum absolute atomic E-state index is 0.290. The summed E-state index contributed by atoms with van der Waals surface area (Å²) >= 11 is 0. The Morgan fingerprint density at radius 3 is 2.42 bits per heavy atom. The molecule has 0 aromatic heterocycles. The molecule has 0 saturated carbocycles. The van der Waals surface area contributed by atoms with Gasteiger partial charge in [0.15, 0.2) is 15.6 Å². The molecule has 1 aromatic carbocycles. The van der Waals surface area contributed by atoms with E-state index in [4.69, 9.17) is 0 Å². The number of rotatable bonds is 6. The summed E-state index contributed by atoms with van der Waals surface area (Å²) in [5.41, 5.74) is -0.290. The fourth-order valence-corrected chi connectivity index (χ4v) is 2.62. The van der Waals surface area contributed by atoms with Crippen LogP contribution in [-0.2, 0) is 14.6 Å². The van der Waals surface area contributed by atoms with Gasteiger partial charge in [0.1, 0.15) is 17.3 Å². The van der Waals surface area contributed by atoms with Crippen molar-refractivity contribution in [3.8, 4) is 0 Å². The van der Waals surface area contributed by atoms with Crippen molar-refractivity contribution in [3.63, 3.8) is 0 Å². The molecule has 0 heterocycles. The molecule has 0 spiro atoms. The smallest absolute Gasteiger partial charge is 0.235 e. The molecular weight excluding hydrogens is 273 g/mol. The van der Waals surface area contributed by atoms with E-state index >= 15 is 0 Å². The van der Waals surface area contributed by atoms with E-state index < -0.39 is 38.9 Å². The lowest BCUT2D eigenvalue weighted by Gasteiger charge is -2.05. The summed E-state index contributed by atoms with van der Waals surface area (Å²) < 4.78 is 36.5. The topological polar surface area (TPSA) is 80.3 Å². The van der Waals surface area contributed by atoms with Gasteiger partial charge in [0, 0.05) is 6.54 Å². The molecule has 5 nitrogen and oxygen atoms in total. The summed E-state index contributed by atoms with van der Waals surface area (Å²) in [4.78, 5) is 22.8. The lowest BCUT2D eigenvalue weighted by molar-refractivity contribution is -0.118. The lowest BCUT2D eigenvalue weighted by Crippen LogP contribution is -2.32. The predicted octanol–water partition coefficient (Wildman–Crippen LogP) is 0.559. The highest BCUT2D eigenvalue weighted by Crippen LogP contribution is 2.08. The molecule has 0 aliphatic rings. The molecule has 7 heteroatoms. The summed E-state index contributed by atoms with van der Waals surface area (Å²) in [6.07, 6.45) is 0. The van der Waals surface area contributed by atoms with Crippen LogP contribution in [0.25, 0.3) is 0 Å². The Morgan fingerprint density at radius 1 is 1.21 bits per heavy atom. The van der Waals surface area contributed by atoms with Crippen LogP contribution in [0.15, 0.2) is 24.3 Å². The molecule has 19 heavy (non-hydrogen) atoms. The van der Waals surface area contributed by atoms with E-state index in [9.17, 15) is 22.4 Å². The molecule has 1 amide bonds. The average molecular weight is 287 g/mol. The maximum atomic E-state index is 13.3. The van der Waals surface area contributed by atoms with E-state index in [1.165, 1.54) is 18.2 Å². The SMILES string of the molecule is CCNC(=O)CS(=O)(=O)CC(=O)c1ccccc1F. The molecule has 0 fully saturated rings. The molecule has 0 atom stereocenters. The largest absolute Gasteiger partial charge is 0.356 e. The van der Waals surface area contributed by atoms with Gasteiger partial charge in [-0.15, -0.1) is 0 Å². The number of amides is 1. The Balaban J connectivity index is 2.77. The van der Waals surface area contributed by atoms with Crippen molar-refractivity contribution in [1.29, 1.82) is 0 Å². The van der Waals surface area contributed by atoms with Crippen LogP contribution in [0.3, 0.4) is 0 Å². The maximum Gasteiger partial charge on any atom is 0.235 e. The van der Waals surface area contributed by atoms with Gasteiger partial charge in [-0.05, 0) is 19.1 Å². The highest BCUT2D eigenvalue weighted by molar-refractivity contribution is 7.92. The Kier molecular flexibility index (Phi) is 5.17. The van der Waals surface area contributed by atoms with Gasteiger partial charge in [-0.1, -0.05) is 12.1 Å². The van der Waals surface area contributed by atoms with E-state index in [1.54, 1.807) is 6.92 Å². The van der Waals surface area contributed by atoms with E-state index in [1.807, 2.05) is 0 Å². The molecule has 0 aliphatic heterocycles. The van der Waals surface area contributed by atoms with Crippen LogP contribution >= 0.6 is 0 Å². The zero-order valence-corrected chi connectivity index (χ0v) is 11.2. The summed E-state index contributed by atoms with van der Waals surface area (Å²) in [7, 11) is -3.90. The van der Waals surface area contributed by atoms with Crippen LogP contribution in [0, 0.1) is 5.82 Å². The minimum atomic E-state index is -3.90. The maximum absolute atomic E-state index is 13.3. The van der Waals surface area contributed by atoms with Crippen LogP contribution in [0.4, 0.5) is 4.39 Å². The number of sulfone groups is 1. The zero-order chi connectivity index (χ0) is 14.5. The first-order chi connectivity index (χ1) is 8.85. The van der Waals surface area contributed by atoms with Gasteiger partial charge in [0.25, 0.3) is 0 Å². The molecule has 0 bridgehead atoms. The Bertz CT molecular complexity index is 583. The average Bonchev–Trinajstić information content (AvgIpc) is 2.27. The summed E-state index contributed by atoms with van der Waals surface area (Å²) in [6, 6.07) is 5.12. The van der Waals surface area contributed by atoms with Crippen LogP contribution < -0.4 is 5.32 Å². The molecule has 0 aliphatic carbocycles. The van der Waals surface area contributed by atoms with Crippen molar-refractivity contribution < 1.29 is 22.4 Å². The van der Waals surface area contributed by atoms with E-state index in [0.29, 0.717) is 6.54 Å². The molecule has 0 radical (unpaired) electrons. The monoisotopic (exact) mass is 287 g/mol. The molecule has 104 valence electrons. The third kappa shape index (κ3) is 4.78. The third-order valence-electron chi connectivity index (χ3n) is 2.25. The number of carbonyl (C=O) groups is 2. The normalized spacial score (nSPS) is 11.1. The first-order valence-corrected chi connectivity index (χ1v) is 7.42. The van der Waals surface area contributed by atoms with Gasteiger partial charge in [0.05, 0.1) is 5.56 Å². The predicted molar refractivity (Wildman–Crippen MR) is 68.1 cm³/mol. The van der Waals surface area contributed by atoms with Gasteiger partial charge in [-0.3, -0.25) is 9.59 Å². The van der Waals surface area contributed by atoms with Crippen molar-refractivity contribution in [2.75, 3.05) is 18.1 Å². The van der Waals surface area contributed by atoms with Gasteiger partial charge in [0.2, 0.25) is 5.91 Å². The molecule has 1 rings (SSSR count). The quantitative estimate of drug-likeness (QED) is 0.775. The fourth-order valence-electron chi connectivity index (χ4n) is 1.46. The first kappa shape index (κ1) is 15.3. The summed E-state index contributed by atoms with van der Waals surface area (Å²) in [5.74, 6) is -3.97. The molecular formula is C12H14FNO4S. The number of benzene rings is 1.